The molecule has 0 fully saturated rings. The minimum atomic E-state index is -4.08. The molecule has 0 aliphatic rings. The molecule has 7 heteroatoms. The number of hydrogen-bond donors (Lipinski definition) is 2. The van der Waals surface area contributed by atoms with E-state index in [9.17, 15) is 17.9 Å². The molecule has 19 heavy (non-hydrogen) atoms. The van der Waals surface area contributed by atoms with Crippen molar-refractivity contribution in [3.8, 4) is 0 Å². The zero-order chi connectivity index (χ0) is 14.7. The van der Waals surface area contributed by atoms with Crippen LogP contribution in [0.25, 0.3) is 0 Å². The highest BCUT2D eigenvalue weighted by atomic mass is 35.5. The van der Waals surface area contributed by atoms with E-state index in [2.05, 4.69) is 4.72 Å². The highest BCUT2D eigenvalue weighted by molar-refractivity contribution is 7.89. The lowest BCUT2D eigenvalue weighted by atomic mass is 9.96. The Hall–Kier alpha value is -0.690. The minimum absolute atomic E-state index is 0.259. The molecule has 0 unspecified atom stereocenters. The van der Waals surface area contributed by atoms with Crippen molar-refractivity contribution in [2.45, 2.75) is 37.1 Å². The number of aliphatic hydroxyl groups is 1. The Bertz CT molecular complexity index is 536. The summed E-state index contributed by atoms with van der Waals surface area (Å²) in [6.45, 7) is 3.13. The first-order valence-corrected chi connectivity index (χ1v) is 7.77. The number of hydrogen-bond acceptors (Lipinski definition) is 3. The van der Waals surface area contributed by atoms with Gasteiger partial charge in [-0.2, -0.15) is 0 Å². The van der Waals surface area contributed by atoms with Gasteiger partial charge in [0.15, 0.2) is 5.82 Å². The van der Waals surface area contributed by atoms with E-state index in [0.717, 1.165) is 6.07 Å². The Kier molecular flexibility index (Phi) is 5.32. The van der Waals surface area contributed by atoms with Crippen LogP contribution in [0.4, 0.5) is 4.39 Å². The van der Waals surface area contributed by atoms with Crippen molar-refractivity contribution in [2.75, 3.05) is 6.61 Å². The van der Waals surface area contributed by atoms with Gasteiger partial charge in [0.25, 0.3) is 0 Å². The standard InChI is InChI=1S/C12H17ClFNO3S/c1-3-12(4-2,8-16)15-19(17,18)10-7-5-6-9(13)11(10)14/h5-7,15-16H,3-4,8H2,1-2H3. The molecule has 0 atom stereocenters. The third kappa shape index (κ3) is 3.45. The Balaban J connectivity index is 3.22. The Morgan fingerprint density at radius 2 is 1.95 bits per heavy atom. The number of benzene rings is 1. The van der Waals surface area contributed by atoms with Gasteiger partial charge in [-0.1, -0.05) is 31.5 Å². The van der Waals surface area contributed by atoms with E-state index >= 15 is 0 Å². The van der Waals surface area contributed by atoms with Crippen LogP contribution in [0.3, 0.4) is 0 Å². The van der Waals surface area contributed by atoms with Gasteiger partial charge >= 0.3 is 0 Å². The van der Waals surface area contributed by atoms with E-state index in [1.165, 1.54) is 12.1 Å². The van der Waals surface area contributed by atoms with Crippen LogP contribution in [0.1, 0.15) is 26.7 Å². The van der Waals surface area contributed by atoms with Crippen molar-refractivity contribution in [1.29, 1.82) is 0 Å². The fourth-order valence-corrected chi connectivity index (χ4v) is 3.55. The summed E-state index contributed by atoms with van der Waals surface area (Å²) in [5, 5.41) is 9.11. The number of rotatable bonds is 6. The van der Waals surface area contributed by atoms with E-state index in [-0.39, 0.29) is 11.6 Å². The van der Waals surface area contributed by atoms with Crippen LogP contribution in [0.5, 0.6) is 0 Å². The lowest BCUT2D eigenvalue weighted by Crippen LogP contribution is -2.50. The van der Waals surface area contributed by atoms with E-state index in [1.54, 1.807) is 13.8 Å². The molecular weight excluding hydrogens is 293 g/mol. The molecule has 1 rings (SSSR count). The molecule has 108 valence electrons. The van der Waals surface area contributed by atoms with E-state index in [4.69, 9.17) is 11.6 Å². The van der Waals surface area contributed by atoms with Gasteiger partial charge < -0.3 is 5.11 Å². The fourth-order valence-electron chi connectivity index (χ4n) is 1.68. The van der Waals surface area contributed by atoms with Gasteiger partial charge in [0.1, 0.15) is 4.90 Å². The maximum Gasteiger partial charge on any atom is 0.244 e. The number of nitrogens with one attached hydrogen (secondary N) is 1. The summed E-state index contributed by atoms with van der Waals surface area (Å²) in [5.41, 5.74) is -0.992. The largest absolute Gasteiger partial charge is 0.394 e. The Morgan fingerprint density at radius 3 is 2.42 bits per heavy atom. The first-order chi connectivity index (χ1) is 8.82. The second kappa shape index (κ2) is 6.17. The molecular formula is C12H17ClFNO3S. The molecule has 0 aromatic heterocycles. The second-order valence-electron chi connectivity index (χ2n) is 4.30. The van der Waals surface area contributed by atoms with Gasteiger partial charge in [-0.05, 0) is 25.0 Å². The van der Waals surface area contributed by atoms with Crippen LogP contribution < -0.4 is 4.72 Å². The third-order valence-electron chi connectivity index (χ3n) is 3.21. The molecule has 0 saturated carbocycles. The quantitative estimate of drug-likeness (QED) is 0.847. The van der Waals surface area contributed by atoms with Crippen molar-refractivity contribution in [3.63, 3.8) is 0 Å². The van der Waals surface area contributed by atoms with E-state index < -0.39 is 26.3 Å². The summed E-state index contributed by atoms with van der Waals surface area (Å²) in [7, 11) is -4.08. The highest BCUT2D eigenvalue weighted by Gasteiger charge is 2.33. The molecule has 0 heterocycles. The van der Waals surface area contributed by atoms with Crippen molar-refractivity contribution in [1.82, 2.24) is 4.72 Å². The third-order valence-corrected chi connectivity index (χ3v) is 5.10. The van der Waals surface area contributed by atoms with E-state index in [1.807, 2.05) is 0 Å². The summed E-state index contributed by atoms with van der Waals surface area (Å²) in [4.78, 5) is -0.514. The van der Waals surface area contributed by atoms with Crippen LogP contribution in [-0.2, 0) is 10.0 Å². The zero-order valence-corrected chi connectivity index (χ0v) is 12.4. The van der Waals surface area contributed by atoms with Gasteiger partial charge in [0, 0.05) is 0 Å². The van der Waals surface area contributed by atoms with Gasteiger partial charge in [0.2, 0.25) is 10.0 Å². The van der Waals surface area contributed by atoms with Gasteiger partial charge in [-0.3, -0.25) is 0 Å². The molecule has 0 radical (unpaired) electrons. The average molecular weight is 310 g/mol. The summed E-state index contributed by atoms with van der Waals surface area (Å²) in [6, 6.07) is 3.77. The van der Waals surface area contributed by atoms with Crippen molar-refractivity contribution >= 4 is 21.6 Å². The SMILES string of the molecule is CCC(CC)(CO)NS(=O)(=O)c1cccc(Cl)c1F. The van der Waals surface area contributed by atoms with Crippen LogP contribution in [0, 0.1) is 5.82 Å². The topological polar surface area (TPSA) is 66.4 Å². The molecule has 0 aliphatic heterocycles. The normalized spacial score (nSPS) is 12.7. The predicted octanol–water partition coefficient (Wildman–Crippen LogP) is 2.31. The molecule has 2 N–H and O–H groups in total. The van der Waals surface area contributed by atoms with Crippen molar-refractivity contribution in [2.24, 2.45) is 0 Å². The molecule has 0 amide bonds. The number of halogens is 2. The molecule has 0 aliphatic carbocycles. The summed E-state index contributed by atoms with van der Waals surface area (Å²) < 4.78 is 40.5. The number of aliphatic hydroxyl groups excluding tert-OH is 1. The number of sulfonamides is 1. The Morgan fingerprint density at radius 1 is 1.37 bits per heavy atom. The molecule has 0 saturated heterocycles. The van der Waals surface area contributed by atoms with Gasteiger partial charge in [-0.25, -0.2) is 17.5 Å². The molecule has 0 spiro atoms. The molecule has 0 bridgehead atoms. The van der Waals surface area contributed by atoms with Crippen LogP contribution in [0.2, 0.25) is 5.02 Å². The summed E-state index contributed by atoms with van der Waals surface area (Å²) >= 11 is 5.58. The van der Waals surface area contributed by atoms with Crippen LogP contribution in [0.15, 0.2) is 23.1 Å². The monoisotopic (exact) mass is 309 g/mol. The maximum atomic E-state index is 13.8. The van der Waals surface area contributed by atoms with Crippen molar-refractivity contribution < 1.29 is 17.9 Å². The smallest absolute Gasteiger partial charge is 0.244 e. The minimum Gasteiger partial charge on any atom is -0.394 e. The summed E-state index contributed by atoms with van der Waals surface area (Å²) in [5.74, 6) is -0.990. The van der Waals surface area contributed by atoms with Crippen molar-refractivity contribution in [3.05, 3.63) is 29.0 Å². The molecule has 4 nitrogen and oxygen atoms in total. The first-order valence-electron chi connectivity index (χ1n) is 5.90. The summed E-state index contributed by atoms with van der Waals surface area (Å²) in [6.07, 6.45) is 0.781. The first kappa shape index (κ1) is 16.4. The lowest BCUT2D eigenvalue weighted by Gasteiger charge is -2.30. The fraction of sp³-hybridized carbons (Fsp3) is 0.500. The Labute approximate surface area is 117 Å². The predicted molar refractivity (Wildman–Crippen MR) is 72.1 cm³/mol. The second-order valence-corrected chi connectivity index (χ2v) is 6.36. The van der Waals surface area contributed by atoms with Crippen LogP contribution in [-0.4, -0.2) is 25.7 Å². The maximum absolute atomic E-state index is 13.8. The molecule has 1 aromatic rings. The van der Waals surface area contributed by atoms with Gasteiger partial charge in [0.05, 0.1) is 17.2 Å². The molecule has 1 aromatic carbocycles. The lowest BCUT2D eigenvalue weighted by molar-refractivity contribution is 0.172. The highest BCUT2D eigenvalue weighted by Crippen LogP contribution is 2.24. The van der Waals surface area contributed by atoms with Gasteiger partial charge in [-0.15, -0.1) is 0 Å². The average Bonchev–Trinajstić information content (AvgIpc) is 2.39. The van der Waals surface area contributed by atoms with E-state index in [0.29, 0.717) is 12.8 Å². The zero-order valence-electron chi connectivity index (χ0n) is 10.8. The van der Waals surface area contributed by atoms with Crippen LogP contribution >= 0.6 is 11.6 Å².